The van der Waals surface area contributed by atoms with E-state index in [1.54, 1.807) is 48.5 Å². The summed E-state index contributed by atoms with van der Waals surface area (Å²) in [6.45, 7) is 3.23. The Morgan fingerprint density at radius 3 is 2.32 bits per heavy atom. The molecule has 3 aromatic carbocycles. The van der Waals surface area contributed by atoms with Crippen molar-refractivity contribution in [3.63, 3.8) is 0 Å². The van der Waals surface area contributed by atoms with Gasteiger partial charge < -0.3 is 10.2 Å². The first-order chi connectivity index (χ1) is 15.0. The Bertz CT molecular complexity index is 1220. The van der Waals surface area contributed by atoms with Crippen LogP contribution in [0, 0.1) is 0 Å². The maximum atomic E-state index is 12.9. The fourth-order valence-electron chi connectivity index (χ4n) is 3.52. The summed E-state index contributed by atoms with van der Waals surface area (Å²) in [6, 6.07) is 23.8. The van der Waals surface area contributed by atoms with Gasteiger partial charge in [0.15, 0.2) is 5.84 Å². The number of hydrogen-bond donors (Lipinski definition) is 1. The molecule has 0 unspecified atom stereocenters. The number of carbonyl (C=O) groups excluding carboxylic acids is 1. The zero-order chi connectivity index (χ0) is 21.8. The monoisotopic (exact) mass is 433 g/mol. The van der Waals surface area contributed by atoms with Crippen LogP contribution in [0.3, 0.4) is 0 Å². The minimum atomic E-state index is -3.68. The molecular formula is C24H23N3O3S. The van der Waals surface area contributed by atoms with E-state index in [-0.39, 0.29) is 16.6 Å². The molecule has 0 fully saturated rings. The number of amides is 1. The lowest BCUT2D eigenvalue weighted by molar-refractivity contribution is 0.0766. The van der Waals surface area contributed by atoms with Gasteiger partial charge >= 0.3 is 0 Å². The maximum Gasteiger partial charge on any atom is 0.285 e. The van der Waals surface area contributed by atoms with Crippen LogP contribution < -0.4 is 5.32 Å². The SMILES string of the molecule is CCN(CCc1ccccc1)C(=O)c1ccc(NC2=NS(=O)(=O)c3ccccc32)cc1. The number of fused-ring (bicyclic) bond motifs is 1. The van der Waals surface area contributed by atoms with Crippen LogP contribution >= 0.6 is 0 Å². The third-order valence-electron chi connectivity index (χ3n) is 5.21. The van der Waals surface area contributed by atoms with Crippen molar-refractivity contribution in [2.24, 2.45) is 4.40 Å². The highest BCUT2D eigenvalue weighted by molar-refractivity contribution is 7.90. The molecule has 158 valence electrons. The number of benzene rings is 3. The molecule has 0 saturated heterocycles. The minimum absolute atomic E-state index is 0.0314. The van der Waals surface area contributed by atoms with Crippen LogP contribution in [0.1, 0.15) is 28.4 Å². The van der Waals surface area contributed by atoms with E-state index in [0.717, 1.165) is 6.42 Å². The quantitative estimate of drug-likeness (QED) is 0.638. The summed E-state index contributed by atoms with van der Waals surface area (Å²) >= 11 is 0. The van der Waals surface area contributed by atoms with Gasteiger partial charge in [-0.25, -0.2) is 0 Å². The summed E-state index contributed by atoms with van der Waals surface area (Å²) in [5.74, 6) is 0.254. The standard InChI is InChI=1S/C24H23N3O3S/c1-2-27(17-16-18-8-4-3-5-9-18)24(28)19-12-14-20(15-13-19)25-23-21-10-6-7-11-22(21)31(29,30)26-23/h3-15H,2,16-17H2,1H3,(H,25,26). The Kier molecular flexibility index (Phi) is 5.86. The summed E-state index contributed by atoms with van der Waals surface area (Å²) in [5.41, 5.74) is 2.98. The van der Waals surface area contributed by atoms with Crippen molar-refractivity contribution in [1.29, 1.82) is 0 Å². The molecule has 4 rings (SSSR count). The first kappa shape index (κ1) is 20.8. The van der Waals surface area contributed by atoms with E-state index >= 15 is 0 Å². The van der Waals surface area contributed by atoms with E-state index in [9.17, 15) is 13.2 Å². The number of nitrogens with one attached hydrogen (secondary N) is 1. The van der Waals surface area contributed by atoms with Gasteiger partial charge in [0, 0.05) is 29.9 Å². The van der Waals surface area contributed by atoms with Crippen LogP contribution in [-0.2, 0) is 16.4 Å². The summed E-state index contributed by atoms with van der Waals surface area (Å²) in [4.78, 5) is 14.9. The average Bonchev–Trinajstić information content (AvgIpc) is 3.05. The van der Waals surface area contributed by atoms with Gasteiger partial charge in [-0.3, -0.25) is 4.79 Å². The lowest BCUT2D eigenvalue weighted by atomic mass is 10.1. The molecule has 0 spiro atoms. The Morgan fingerprint density at radius 2 is 1.61 bits per heavy atom. The molecule has 0 saturated carbocycles. The molecule has 1 aliphatic rings. The molecule has 6 nitrogen and oxygen atoms in total. The van der Waals surface area contributed by atoms with Crippen LogP contribution in [0.2, 0.25) is 0 Å². The molecular weight excluding hydrogens is 410 g/mol. The molecule has 7 heteroatoms. The third-order valence-corrected chi connectivity index (χ3v) is 6.54. The number of likely N-dealkylation sites (N-methyl/N-ethyl adjacent to an activating group) is 1. The zero-order valence-corrected chi connectivity index (χ0v) is 18.0. The predicted octanol–water partition coefficient (Wildman–Crippen LogP) is 3.95. The zero-order valence-electron chi connectivity index (χ0n) is 17.2. The van der Waals surface area contributed by atoms with Gasteiger partial charge in [-0.2, -0.15) is 8.42 Å². The van der Waals surface area contributed by atoms with Crippen LogP contribution in [0.5, 0.6) is 0 Å². The lowest BCUT2D eigenvalue weighted by Crippen LogP contribution is -2.32. The number of sulfonamides is 1. The van der Waals surface area contributed by atoms with Crippen molar-refractivity contribution in [3.8, 4) is 0 Å². The summed E-state index contributed by atoms with van der Waals surface area (Å²) < 4.78 is 28.2. The average molecular weight is 434 g/mol. The first-order valence-corrected chi connectivity index (χ1v) is 11.6. The lowest BCUT2D eigenvalue weighted by Gasteiger charge is -2.21. The van der Waals surface area contributed by atoms with Gasteiger partial charge in [0.1, 0.15) is 4.90 Å². The second-order valence-corrected chi connectivity index (χ2v) is 8.81. The van der Waals surface area contributed by atoms with E-state index in [2.05, 4.69) is 21.8 Å². The van der Waals surface area contributed by atoms with Gasteiger partial charge in [0.25, 0.3) is 15.9 Å². The van der Waals surface area contributed by atoms with Crippen LogP contribution in [0.25, 0.3) is 0 Å². The van der Waals surface area contributed by atoms with E-state index in [4.69, 9.17) is 0 Å². The highest BCUT2D eigenvalue weighted by Crippen LogP contribution is 2.26. The van der Waals surface area contributed by atoms with Crippen molar-refractivity contribution < 1.29 is 13.2 Å². The molecule has 0 atom stereocenters. The van der Waals surface area contributed by atoms with Crippen molar-refractivity contribution in [3.05, 3.63) is 95.6 Å². The van der Waals surface area contributed by atoms with Crippen molar-refractivity contribution in [1.82, 2.24) is 4.90 Å². The first-order valence-electron chi connectivity index (χ1n) is 10.1. The predicted molar refractivity (Wildman–Crippen MR) is 122 cm³/mol. The molecule has 1 N–H and O–H groups in total. The van der Waals surface area contributed by atoms with E-state index < -0.39 is 10.0 Å². The highest BCUT2D eigenvalue weighted by atomic mass is 32.2. The van der Waals surface area contributed by atoms with Gasteiger partial charge in [0.05, 0.1) is 0 Å². The van der Waals surface area contributed by atoms with Gasteiger partial charge in [0.2, 0.25) is 0 Å². The maximum absolute atomic E-state index is 12.9. The Hall–Kier alpha value is -3.45. The highest BCUT2D eigenvalue weighted by Gasteiger charge is 2.28. The fraction of sp³-hybridized carbons (Fsp3) is 0.167. The van der Waals surface area contributed by atoms with Crippen LogP contribution in [-0.4, -0.2) is 38.2 Å². The number of rotatable bonds is 6. The normalized spacial score (nSPS) is 13.9. The topological polar surface area (TPSA) is 78.8 Å². The van der Waals surface area contributed by atoms with Crippen LogP contribution in [0.4, 0.5) is 5.69 Å². The number of carbonyl (C=O) groups is 1. The van der Waals surface area contributed by atoms with Gasteiger partial charge in [-0.15, -0.1) is 4.40 Å². The second-order valence-electron chi connectivity index (χ2n) is 7.23. The molecule has 0 aliphatic carbocycles. The Labute approximate surface area is 182 Å². The number of amidine groups is 1. The van der Waals surface area contributed by atoms with Gasteiger partial charge in [-0.05, 0) is 55.3 Å². The van der Waals surface area contributed by atoms with Crippen molar-refractivity contribution in [2.45, 2.75) is 18.2 Å². The Morgan fingerprint density at radius 1 is 0.935 bits per heavy atom. The number of anilines is 1. The summed E-state index contributed by atoms with van der Waals surface area (Å²) in [7, 11) is -3.68. The molecule has 0 radical (unpaired) electrons. The second kappa shape index (κ2) is 8.73. The fourth-order valence-corrected chi connectivity index (χ4v) is 4.70. The molecule has 1 amide bonds. The van der Waals surface area contributed by atoms with Crippen molar-refractivity contribution in [2.75, 3.05) is 18.4 Å². The summed E-state index contributed by atoms with van der Waals surface area (Å²) in [6.07, 6.45) is 0.799. The van der Waals surface area contributed by atoms with Crippen molar-refractivity contribution >= 4 is 27.5 Å². The molecule has 1 heterocycles. The third kappa shape index (κ3) is 4.51. The largest absolute Gasteiger partial charge is 0.339 e. The van der Waals surface area contributed by atoms with Gasteiger partial charge in [-0.1, -0.05) is 42.5 Å². The smallest absolute Gasteiger partial charge is 0.285 e. The number of hydrogen-bond acceptors (Lipinski definition) is 4. The minimum Gasteiger partial charge on any atom is -0.339 e. The summed E-state index contributed by atoms with van der Waals surface area (Å²) in [5, 5.41) is 3.05. The van der Waals surface area contributed by atoms with Crippen LogP contribution in [0.15, 0.2) is 88.2 Å². The molecule has 3 aromatic rings. The molecule has 0 aromatic heterocycles. The van der Waals surface area contributed by atoms with E-state index in [0.29, 0.717) is 29.9 Å². The Balaban J connectivity index is 1.45. The molecule has 0 bridgehead atoms. The molecule has 1 aliphatic heterocycles. The number of nitrogens with zero attached hydrogens (tertiary/aromatic N) is 2. The van der Waals surface area contributed by atoms with E-state index in [1.165, 1.54) is 5.56 Å². The van der Waals surface area contributed by atoms with E-state index in [1.807, 2.05) is 30.0 Å². The molecule has 31 heavy (non-hydrogen) atoms.